The van der Waals surface area contributed by atoms with Crippen LogP contribution in [0.15, 0.2) is 0 Å². The Morgan fingerprint density at radius 2 is 1.21 bits per heavy atom. The van der Waals surface area contributed by atoms with Gasteiger partial charge >= 0.3 is 0 Å². The second-order valence-electron chi connectivity index (χ2n) is 6.70. The third-order valence-electron chi connectivity index (χ3n) is 5.36. The van der Waals surface area contributed by atoms with Gasteiger partial charge in [-0.25, -0.2) is 8.78 Å². The van der Waals surface area contributed by atoms with Crippen molar-refractivity contribution in [1.82, 2.24) is 20.7 Å². The standard InChI is InChI=1S/C15H30F2N6O/c16-9-13(22-5-1-11(20-18)2-6-22)15(24)14(10-17)23-7-3-12(21-19)4-8-23/h11-14,20-21H,1-10,18-19H2. The molecule has 0 amide bonds. The van der Waals surface area contributed by atoms with E-state index in [-0.39, 0.29) is 17.9 Å². The number of nitrogens with two attached hydrogens (primary N) is 2. The lowest BCUT2D eigenvalue weighted by molar-refractivity contribution is -0.132. The topological polar surface area (TPSA) is 99.6 Å². The fourth-order valence-corrected chi connectivity index (χ4v) is 3.68. The summed E-state index contributed by atoms with van der Waals surface area (Å²) < 4.78 is 27.2. The van der Waals surface area contributed by atoms with Crippen LogP contribution in [0.5, 0.6) is 0 Å². The molecule has 2 rings (SSSR count). The van der Waals surface area contributed by atoms with Gasteiger partial charge in [-0.15, -0.1) is 0 Å². The van der Waals surface area contributed by atoms with Crippen molar-refractivity contribution in [1.29, 1.82) is 0 Å². The number of likely N-dealkylation sites (tertiary alicyclic amines) is 2. The monoisotopic (exact) mass is 348 g/mol. The smallest absolute Gasteiger partial charge is 0.172 e. The Balaban J connectivity index is 1.95. The number of rotatable bonds is 8. The minimum atomic E-state index is -0.866. The van der Waals surface area contributed by atoms with Crippen LogP contribution >= 0.6 is 0 Å². The molecule has 24 heavy (non-hydrogen) atoms. The van der Waals surface area contributed by atoms with Crippen molar-refractivity contribution in [3.8, 4) is 0 Å². The molecule has 2 atom stereocenters. The van der Waals surface area contributed by atoms with E-state index in [0.29, 0.717) is 26.2 Å². The molecule has 2 aliphatic heterocycles. The Hall–Kier alpha value is -0.710. The van der Waals surface area contributed by atoms with Crippen molar-refractivity contribution in [2.75, 3.05) is 39.5 Å². The SMILES string of the molecule is NNC1CCN(C(CF)C(=O)C(CF)N2CCC(NN)CC2)CC1. The number of hydrogen-bond donors (Lipinski definition) is 4. The Bertz CT molecular complexity index is 352. The molecule has 0 saturated carbocycles. The first-order valence-corrected chi connectivity index (χ1v) is 8.70. The highest BCUT2D eigenvalue weighted by Crippen LogP contribution is 2.19. The summed E-state index contributed by atoms with van der Waals surface area (Å²) in [6, 6.07) is -1.35. The number of piperidine rings is 2. The van der Waals surface area contributed by atoms with Gasteiger partial charge in [-0.2, -0.15) is 0 Å². The van der Waals surface area contributed by atoms with E-state index >= 15 is 0 Å². The van der Waals surface area contributed by atoms with Crippen LogP contribution < -0.4 is 22.5 Å². The Labute approximate surface area is 142 Å². The van der Waals surface area contributed by atoms with Gasteiger partial charge < -0.3 is 0 Å². The summed E-state index contributed by atoms with van der Waals surface area (Å²) in [6.07, 6.45) is 3.03. The van der Waals surface area contributed by atoms with Crippen molar-refractivity contribution in [2.45, 2.75) is 49.9 Å². The molecule has 2 fully saturated rings. The van der Waals surface area contributed by atoms with E-state index in [1.165, 1.54) is 0 Å². The first-order chi connectivity index (χ1) is 11.6. The van der Waals surface area contributed by atoms with E-state index in [9.17, 15) is 13.6 Å². The highest BCUT2D eigenvalue weighted by atomic mass is 19.1. The largest absolute Gasteiger partial charge is 0.296 e. The lowest BCUT2D eigenvalue weighted by Crippen LogP contribution is -2.58. The number of Topliss-reactive ketones (excluding diaryl/α,β-unsaturated/α-hetero) is 1. The van der Waals surface area contributed by atoms with E-state index in [4.69, 9.17) is 11.7 Å². The van der Waals surface area contributed by atoms with Gasteiger partial charge in [0.2, 0.25) is 0 Å². The molecule has 0 aromatic heterocycles. The van der Waals surface area contributed by atoms with E-state index < -0.39 is 25.4 Å². The lowest BCUT2D eigenvalue weighted by atomic mass is 9.97. The lowest BCUT2D eigenvalue weighted by Gasteiger charge is -2.40. The zero-order valence-electron chi connectivity index (χ0n) is 14.1. The summed E-state index contributed by atoms with van der Waals surface area (Å²) >= 11 is 0. The van der Waals surface area contributed by atoms with Crippen molar-refractivity contribution in [2.24, 2.45) is 11.7 Å². The molecule has 0 aromatic carbocycles. The Kier molecular flexibility index (Phi) is 7.92. The minimum Gasteiger partial charge on any atom is -0.296 e. The fraction of sp³-hybridized carbons (Fsp3) is 0.933. The van der Waals surface area contributed by atoms with Crippen LogP contribution in [0.3, 0.4) is 0 Å². The molecular weight excluding hydrogens is 318 g/mol. The summed E-state index contributed by atoms with van der Waals surface area (Å²) in [5.74, 6) is 10.5. The molecule has 6 N–H and O–H groups in total. The normalized spacial score (nSPS) is 24.8. The molecule has 2 heterocycles. The van der Waals surface area contributed by atoms with Gasteiger partial charge in [0.25, 0.3) is 0 Å². The van der Waals surface area contributed by atoms with Crippen LogP contribution in [0.4, 0.5) is 8.78 Å². The van der Waals surface area contributed by atoms with Crippen LogP contribution in [0.1, 0.15) is 25.7 Å². The number of nitrogens with one attached hydrogen (secondary N) is 2. The van der Waals surface area contributed by atoms with Gasteiger partial charge in [-0.1, -0.05) is 0 Å². The van der Waals surface area contributed by atoms with Gasteiger partial charge in [0.15, 0.2) is 5.78 Å². The van der Waals surface area contributed by atoms with Gasteiger partial charge in [-0.05, 0) is 25.7 Å². The predicted octanol–water partition coefficient (Wildman–Crippen LogP) is -0.913. The number of carbonyl (C=O) groups excluding carboxylic acids is 1. The quantitative estimate of drug-likeness (QED) is 0.333. The molecule has 7 nitrogen and oxygen atoms in total. The molecule has 0 radical (unpaired) electrons. The summed E-state index contributed by atoms with van der Waals surface area (Å²) in [5, 5.41) is 0. The molecule has 2 aliphatic rings. The molecule has 0 bridgehead atoms. The highest BCUT2D eigenvalue weighted by molar-refractivity contribution is 5.89. The number of hydrazine groups is 2. The number of alkyl halides is 2. The highest BCUT2D eigenvalue weighted by Gasteiger charge is 2.37. The summed E-state index contributed by atoms with van der Waals surface area (Å²) in [6.45, 7) is 0.801. The van der Waals surface area contributed by atoms with Crippen molar-refractivity contribution in [3.05, 3.63) is 0 Å². The molecule has 0 aromatic rings. The Morgan fingerprint density at radius 1 is 0.875 bits per heavy atom. The van der Waals surface area contributed by atoms with Gasteiger partial charge in [-0.3, -0.25) is 37.1 Å². The van der Waals surface area contributed by atoms with Gasteiger partial charge in [0, 0.05) is 38.3 Å². The summed E-state index contributed by atoms with van der Waals surface area (Å²) in [7, 11) is 0. The van der Waals surface area contributed by atoms with E-state index in [2.05, 4.69) is 10.9 Å². The van der Waals surface area contributed by atoms with Crippen LogP contribution in [0.25, 0.3) is 0 Å². The number of nitrogens with zero attached hydrogens (tertiary/aromatic N) is 2. The van der Waals surface area contributed by atoms with E-state index in [0.717, 1.165) is 25.7 Å². The van der Waals surface area contributed by atoms with Crippen LogP contribution in [0.2, 0.25) is 0 Å². The number of halogens is 2. The Morgan fingerprint density at radius 3 is 1.46 bits per heavy atom. The summed E-state index contributed by atoms with van der Waals surface area (Å²) in [5.41, 5.74) is 5.43. The molecular formula is C15H30F2N6O. The molecule has 2 unspecified atom stereocenters. The van der Waals surface area contributed by atoms with Crippen LogP contribution in [-0.4, -0.2) is 79.3 Å². The number of carbonyl (C=O) groups is 1. The fourth-order valence-electron chi connectivity index (χ4n) is 3.68. The predicted molar refractivity (Wildman–Crippen MR) is 88.4 cm³/mol. The first-order valence-electron chi connectivity index (χ1n) is 8.70. The third-order valence-corrected chi connectivity index (χ3v) is 5.36. The maximum atomic E-state index is 13.6. The van der Waals surface area contributed by atoms with Crippen molar-refractivity contribution in [3.63, 3.8) is 0 Å². The third kappa shape index (κ3) is 4.68. The van der Waals surface area contributed by atoms with Crippen LogP contribution in [0, 0.1) is 0 Å². The molecule has 0 spiro atoms. The first kappa shape index (κ1) is 19.6. The zero-order valence-corrected chi connectivity index (χ0v) is 14.1. The maximum absolute atomic E-state index is 13.6. The molecule has 0 aliphatic carbocycles. The molecule has 140 valence electrons. The van der Waals surface area contributed by atoms with E-state index in [1.54, 1.807) is 0 Å². The zero-order chi connectivity index (χ0) is 17.5. The molecule has 9 heteroatoms. The van der Waals surface area contributed by atoms with Gasteiger partial charge in [0.05, 0.1) is 12.1 Å². The minimum absolute atomic E-state index is 0.191. The maximum Gasteiger partial charge on any atom is 0.172 e. The second-order valence-corrected chi connectivity index (χ2v) is 6.70. The number of hydrogen-bond acceptors (Lipinski definition) is 7. The average Bonchev–Trinajstić information content (AvgIpc) is 2.64. The van der Waals surface area contributed by atoms with Crippen molar-refractivity contribution < 1.29 is 13.6 Å². The second kappa shape index (κ2) is 9.69. The molecule has 2 saturated heterocycles. The van der Waals surface area contributed by atoms with Crippen LogP contribution in [-0.2, 0) is 4.79 Å². The van der Waals surface area contributed by atoms with Crippen molar-refractivity contribution >= 4 is 5.78 Å². The number of ketones is 1. The van der Waals surface area contributed by atoms with Gasteiger partial charge in [0.1, 0.15) is 13.3 Å². The van der Waals surface area contributed by atoms with E-state index in [1.807, 2.05) is 9.80 Å². The average molecular weight is 348 g/mol. The summed E-state index contributed by atoms with van der Waals surface area (Å²) in [4.78, 5) is 16.4.